The molecule has 0 aliphatic heterocycles. The normalized spacial score (nSPS) is 10.2. The van der Waals surface area contributed by atoms with Gasteiger partial charge in [-0.1, -0.05) is 12.1 Å². The lowest BCUT2D eigenvalue weighted by Gasteiger charge is -2.20. The zero-order chi connectivity index (χ0) is 16.4. The first kappa shape index (κ1) is 17.8. The lowest BCUT2D eigenvalue weighted by atomic mass is 10.1. The predicted molar refractivity (Wildman–Crippen MR) is 99.1 cm³/mol. The molecule has 0 saturated carbocycles. The van der Waals surface area contributed by atoms with E-state index in [0.717, 1.165) is 22.4 Å². The van der Waals surface area contributed by atoms with Gasteiger partial charge < -0.3 is 14.4 Å². The number of rotatable bonds is 4. The van der Waals surface area contributed by atoms with Crippen LogP contribution in [0.2, 0.25) is 0 Å². The highest BCUT2D eigenvalue weighted by atomic mass is 35.5. The van der Waals surface area contributed by atoms with Crippen LogP contribution in [0, 0.1) is 6.92 Å². The number of ether oxygens (including phenoxy) is 2. The van der Waals surface area contributed by atoms with E-state index in [4.69, 9.17) is 9.47 Å². The van der Waals surface area contributed by atoms with Gasteiger partial charge in [-0.05, 0) is 30.7 Å². The highest BCUT2D eigenvalue weighted by Gasteiger charge is 2.14. The van der Waals surface area contributed by atoms with E-state index in [1.54, 1.807) is 20.5 Å². The van der Waals surface area contributed by atoms with Crippen molar-refractivity contribution in [3.8, 4) is 11.5 Å². The molecule has 0 fully saturated rings. The second-order valence-electron chi connectivity index (χ2n) is 5.32. The Kier molecular flexibility index (Phi) is 5.46. The summed E-state index contributed by atoms with van der Waals surface area (Å²) in [6.07, 6.45) is 1.57. The third-order valence-electron chi connectivity index (χ3n) is 3.83. The second kappa shape index (κ2) is 7.36. The van der Waals surface area contributed by atoms with Crippen molar-refractivity contribution in [3.63, 3.8) is 0 Å². The number of methoxy groups -OCH3 is 2. The first-order valence-corrected chi connectivity index (χ1v) is 7.31. The van der Waals surface area contributed by atoms with Crippen molar-refractivity contribution in [1.29, 1.82) is 0 Å². The van der Waals surface area contributed by atoms with Crippen LogP contribution in [0.4, 0.5) is 11.5 Å². The third kappa shape index (κ3) is 3.21. The summed E-state index contributed by atoms with van der Waals surface area (Å²) in [6, 6.07) is 12.1. The third-order valence-corrected chi connectivity index (χ3v) is 3.83. The van der Waals surface area contributed by atoms with E-state index >= 15 is 0 Å². The Bertz CT molecular complexity index is 855. The number of benzene rings is 2. The number of hydrogen-bond donors (Lipinski definition) is 0. The molecule has 0 radical (unpaired) electrons. The molecule has 24 heavy (non-hydrogen) atoms. The SMILES string of the molecule is COc1cc2ncnc(N(C)c3cccc(C)c3)c2cc1OC.Cl. The fraction of sp³-hybridized carbons (Fsp3) is 0.222. The van der Waals surface area contributed by atoms with Crippen LogP contribution in [0.1, 0.15) is 5.56 Å². The van der Waals surface area contributed by atoms with E-state index < -0.39 is 0 Å². The van der Waals surface area contributed by atoms with Gasteiger partial charge in [0.05, 0.1) is 19.7 Å². The average molecular weight is 346 g/mol. The monoisotopic (exact) mass is 345 g/mol. The first-order chi connectivity index (χ1) is 11.1. The summed E-state index contributed by atoms with van der Waals surface area (Å²) in [7, 11) is 5.23. The van der Waals surface area contributed by atoms with Crippen LogP contribution in [0.15, 0.2) is 42.7 Å². The summed E-state index contributed by atoms with van der Waals surface area (Å²) < 4.78 is 10.8. The van der Waals surface area contributed by atoms with Crippen LogP contribution in [-0.2, 0) is 0 Å². The standard InChI is InChI=1S/C18H19N3O2.ClH/c1-12-6-5-7-13(8-12)21(2)18-14-9-16(22-3)17(23-4)10-15(14)19-11-20-18;/h5-11H,1-4H3;1H. The number of fused-ring (bicyclic) bond motifs is 1. The lowest BCUT2D eigenvalue weighted by molar-refractivity contribution is 0.356. The zero-order valence-corrected chi connectivity index (χ0v) is 14.9. The molecule has 0 N–H and O–H groups in total. The Morgan fingerprint density at radius 3 is 2.33 bits per heavy atom. The van der Waals surface area contributed by atoms with Crippen molar-refractivity contribution in [2.45, 2.75) is 6.92 Å². The molecule has 0 spiro atoms. The number of anilines is 2. The molecule has 1 heterocycles. The van der Waals surface area contributed by atoms with E-state index in [2.05, 4.69) is 35.1 Å². The maximum atomic E-state index is 5.40. The summed E-state index contributed by atoms with van der Waals surface area (Å²) in [4.78, 5) is 10.9. The molecular formula is C18H20ClN3O2. The molecule has 0 atom stereocenters. The molecule has 126 valence electrons. The number of halogens is 1. The van der Waals surface area contributed by atoms with Crippen LogP contribution < -0.4 is 14.4 Å². The summed E-state index contributed by atoms with van der Waals surface area (Å²) in [5.74, 6) is 2.14. The van der Waals surface area contributed by atoms with Crippen LogP contribution >= 0.6 is 12.4 Å². The molecule has 0 amide bonds. The molecule has 3 aromatic rings. The number of nitrogens with zero attached hydrogens (tertiary/aromatic N) is 3. The van der Waals surface area contributed by atoms with Gasteiger partial charge >= 0.3 is 0 Å². The van der Waals surface area contributed by atoms with E-state index in [0.29, 0.717) is 11.5 Å². The van der Waals surface area contributed by atoms with Crippen LogP contribution in [0.5, 0.6) is 11.5 Å². The van der Waals surface area contributed by atoms with E-state index in [1.807, 2.05) is 30.1 Å². The Balaban J connectivity index is 0.00000208. The fourth-order valence-electron chi connectivity index (χ4n) is 2.60. The van der Waals surface area contributed by atoms with Gasteiger partial charge in [-0.3, -0.25) is 0 Å². The van der Waals surface area contributed by atoms with Crippen molar-refractivity contribution in [1.82, 2.24) is 9.97 Å². The van der Waals surface area contributed by atoms with E-state index in [1.165, 1.54) is 5.56 Å². The molecule has 2 aromatic carbocycles. The highest BCUT2D eigenvalue weighted by Crippen LogP contribution is 2.36. The molecule has 0 bridgehead atoms. The average Bonchev–Trinajstić information content (AvgIpc) is 2.59. The molecule has 0 aliphatic rings. The molecule has 5 nitrogen and oxygen atoms in total. The molecule has 1 aromatic heterocycles. The predicted octanol–water partition coefficient (Wildman–Crippen LogP) is 4.15. The number of aryl methyl sites for hydroxylation is 1. The molecule has 0 saturated heterocycles. The number of hydrogen-bond acceptors (Lipinski definition) is 5. The number of aromatic nitrogens is 2. The molecule has 3 rings (SSSR count). The summed E-state index contributed by atoms with van der Waals surface area (Å²) in [5.41, 5.74) is 3.08. The highest BCUT2D eigenvalue weighted by molar-refractivity contribution is 5.93. The first-order valence-electron chi connectivity index (χ1n) is 7.31. The fourth-order valence-corrected chi connectivity index (χ4v) is 2.60. The van der Waals surface area contributed by atoms with Crippen molar-refractivity contribution < 1.29 is 9.47 Å². The van der Waals surface area contributed by atoms with E-state index in [9.17, 15) is 0 Å². The van der Waals surface area contributed by atoms with Gasteiger partial charge in [-0.25, -0.2) is 9.97 Å². The largest absolute Gasteiger partial charge is 0.493 e. The minimum absolute atomic E-state index is 0. The van der Waals surface area contributed by atoms with Gasteiger partial charge in [0.25, 0.3) is 0 Å². The van der Waals surface area contributed by atoms with Gasteiger partial charge in [-0.2, -0.15) is 0 Å². The van der Waals surface area contributed by atoms with Gasteiger partial charge in [-0.15, -0.1) is 12.4 Å². The van der Waals surface area contributed by atoms with Crippen LogP contribution in [0.3, 0.4) is 0 Å². The Morgan fingerprint density at radius 1 is 0.958 bits per heavy atom. The van der Waals surface area contributed by atoms with Gasteiger partial charge in [0.1, 0.15) is 12.1 Å². The maximum absolute atomic E-state index is 5.40. The molecule has 0 aliphatic carbocycles. The van der Waals surface area contributed by atoms with Gasteiger partial charge in [0, 0.05) is 24.2 Å². The minimum atomic E-state index is 0. The smallest absolute Gasteiger partial charge is 0.162 e. The van der Waals surface area contributed by atoms with Crippen molar-refractivity contribution in [2.75, 3.05) is 26.2 Å². The Morgan fingerprint density at radius 2 is 1.67 bits per heavy atom. The molecule has 0 unspecified atom stereocenters. The lowest BCUT2D eigenvalue weighted by Crippen LogP contribution is -2.12. The quantitative estimate of drug-likeness (QED) is 0.711. The Hall–Kier alpha value is -2.53. The summed E-state index contributed by atoms with van der Waals surface area (Å²) in [5, 5.41) is 0.911. The molecule has 6 heteroatoms. The van der Waals surface area contributed by atoms with Crippen LogP contribution in [-0.4, -0.2) is 31.2 Å². The second-order valence-corrected chi connectivity index (χ2v) is 5.32. The zero-order valence-electron chi connectivity index (χ0n) is 14.1. The minimum Gasteiger partial charge on any atom is -0.493 e. The maximum Gasteiger partial charge on any atom is 0.162 e. The van der Waals surface area contributed by atoms with Crippen LogP contribution in [0.25, 0.3) is 10.9 Å². The Labute approximate surface area is 147 Å². The molecular weight excluding hydrogens is 326 g/mol. The van der Waals surface area contributed by atoms with Crippen molar-refractivity contribution in [3.05, 3.63) is 48.3 Å². The summed E-state index contributed by atoms with van der Waals surface area (Å²) in [6.45, 7) is 2.07. The van der Waals surface area contributed by atoms with E-state index in [-0.39, 0.29) is 12.4 Å². The topological polar surface area (TPSA) is 47.5 Å². The van der Waals surface area contributed by atoms with Crippen molar-refractivity contribution in [2.24, 2.45) is 0 Å². The van der Waals surface area contributed by atoms with Gasteiger partial charge in [0.15, 0.2) is 11.5 Å². The van der Waals surface area contributed by atoms with Gasteiger partial charge in [0.2, 0.25) is 0 Å². The summed E-state index contributed by atoms with van der Waals surface area (Å²) >= 11 is 0. The van der Waals surface area contributed by atoms with Crippen molar-refractivity contribution >= 4 is 34.8 Å².